The minimum atomic E-state index is -0.170. The smallest absolute Gasteiger partial charge is 0.226 e. The zero-order valence-electron chi connectivity index (χ0n) is 13.1. The summed E-state index contributed by atoms with van der Waals surface area (Å²) >= 11 is 1.63. The van der Waals surface area contributed by atoms with E-state index in [0.717, 1.165) is 32.9 Å². The van der Waals surface area contributed by atoms with E-state index in [9.17, 15) is 4.79 Å². The molecule has 0 bridgehead atoms. The van der Waals surface area contributed by atoms with E-state index >= 15 is 0 Å². The molecule has 25 heavy (non-hydrogen) atoms. The number of H-pyrrole nitrogens is 1. The monoisotopic (exact) mass is 347 g/mol. The van der Waals surface area contributed by atoms with Crippen LogP contribution in [0.3, 0.4) is 0 Å². The standard InChI is InChI=1S/C18H13N5OS/c24-15-8-10(13-9-19-11-4-1-2-5-12(11)20-13)16-17(14-6-3-7-25-14)22-23-18(16)21-15/h1-7,9-10H,8H2,(H2,21,22,23,24)/t10-/m0/s1. The topological polar surface area (TPSA) is 83.6 Å². The molecule has 0 radical (unpaired) electrons. The highest BCUT2D eigenvalue weighted by atomic mass is 32.1. The molecule has 1 aliphatic heterocycles. The van der Waals surface area contributed by atoms with Gasteiger partial charge in [-0.1, -0.05) is 18.2 Å². The van der Waals surface area contributed by atoms with Crippen molar-refractivity contribution >= 4 is 34.1 Å². The molecule has 0 aliphatic carbocycles. The number of para-hydroxylation sites is 2. The fourth-order valence-electron chi connectivity index (χ4n) is 3.26. The van der Waals surface area contributed by atoms with Gasteiger partial charge >= 0.3 is 0 Å². The van der Waals surface area contributed by atoms with Crippen molar-refractivity contribution in [3.8, 4) is 10.6 Å². The lowest BCUT2D eigenvalue weighted by Crippen LogP contribution is -2.24. The number of thiophene rings is 1. The molecule has 5 rings (SSSR count). The van der Waals surface area contributed by atoms with Gasteiger partial charge in [0.05, 0.1) is 27.3 Å². The van der Waals surface area contributed by atoms with Crippen LogP contribution in [0.2, 0.25) is 0 Å². The van der Waals surface area contributed by atoms with Crippen molar-refractivity contribution in [1.29, 1.82) is 0 Å². The zero-order valence-corrected chi connectivity index (χ0v) is 13.9. The van der Waals surface area contributed by atoms with E-state index in [4.69, 9.17) is 4.98 Å². The normalized spacial score (nSPS) is 16.6. The number of hydrogen-bond acceptors (Lipinski definition) is 5. The number of amides is 1. The van der Waals surface area contributed by atoms with Gasteiger partial charge in [0.25, 0.3) is 0 Å². The van der Waals surface area contributed by atoms with Crippen LogP contribution in [0.4, 0.5) is 5.82 Å². The molecule has 3 aromatic heterocycles. The average molecular weight is 347 g/mol. The summed E-state index contributed by atoms with van der Waals surface area (Å²) in [6.45, 7) is 0. The van der Waals surface area contributed by atoms with Crippen molar-refractivity contribution in [3.63, 3.8) is 0 Å². The fourth-order valence-corrected chi connectivity index (χ4v) is 3.99. The van der Waals surface area contributed by atoms with Crippen LogP contribution in [0, 0.1) is 0 Å². The number of carbonyl (C=O) groups is 1. The number of nitrogens with one attached hydrogen (secondary N) is 2. The number of hydrogen-bond donors (Lipinski definition) is 2. The summed E-state index contributed by atoms with van der Waals surface area (Å²) in [4.78, 5) is 22.5. The summed E-state index contributed by atoms with van der Waals surface area (Å²) in [7, 11) is 0. The van der Waals surface area contributed by atoms with Gasteiger partial charge < -0.3 is 5.32 Å². The summed E-state index contributed by atoms with van der Waals surface area (Å²) in [6, 6.07) is 11.8. The Bertz CT molecular complexity index is 1090. The number of carbonyl (C=O) groups excluding carboxylic acids is 1. The Morgan fingerprint density at radius 1 is 1.12 bits per heavy atom. The lowest BCUT2D eigenvalue weighted by Gasteiger charge is -2.22. The predicted molar refractivity (Wildman–Crippen MR) is 96.5 cm³/mol. The molecular weight excluding hydrogens is 334 g/mol. The van der Waals surface area contributed by atoms with E-state index < -0.39 is 0 Å². The summed E-state index contributed by atoms with van der Waals surface area (Å²) in [6.07, 6.45) is 2.10. The quantitative estimate of drug-likeness (QED) is 0.581. The molecule has 0 fully saturated rings. The molecule has 6 nitrogen and oxygen atoms in total. The third-order valence-electron chi connectivity index (χ3n) is 4.39. The zero-order chi connectivity index (χ0) is 16.8. The van der Waals surface area contributed by atoms with Crippen LogP contribution in [0.1, 0.15) is 23.6 Å². The van der Waals surface area contributed by atoms with Crippen LogP contribution in [0.5, 0.6) is 0 Å². The van der Waals surface area contributed by atoms with Crippen molar-refractivity contribution in [2.24, 2.45) is 0 Å². The molecular formula is C18H13N5OS. The maximum absolute atomic E-state index is 12.2. The highest BCUT2D eigenvalue weighted by Gasteiger charge is 2.33. The SMILES string of the molecule is O=C1C[C@@H](c2cnc3ccccc3n2)c2c(n[nH]c2-c2cccs2)N1. The Labute approximate surface area is 147 Å². The molecule has 1 amide bonds. The molecule has 7 heteroatoms. The second-order valence-corrected chi connectivity index (χ2v) is 6.87. The number of anilines is 1. The van der Waals surface area contributed by atoms with Crippen LogP contribution in [-0.4, -0.2) is 26.1 Å². The van der Waals surface area contributed by atoms with E-state index in [1.165, 1.54) is 0 Å². The third-order valence-corrected chi connectivity index (χ3v) is 5.28. The van der Waals surface area contributed by atoms with Gasteiger partial charge in [-0.25, -0.2) is 4.98 Å². The molecule has 4 aromatic rings. The average Bonchev–Trinajstić information content (AvgIpc) is 3.29. The Hall–Kier alpha value is -3.06. The highest BCUT2D eigenvalue weighted by molar-refractivity contribution is 7.13. The lowest BCUT2D eigenvalue weighted by atomic mass is 9.89. The fraction of sp³-hybridized carbons (Fsp3) is 0.111. The van der Waals surface area contributed by atoms with Crippen molar-refractivity contribution in [2.45, 2.75) is 12.3 Å². The van der Waals surface area contributed by atoms with Crippen LogP contribution >= 0.6 is 11.3 Å². The van der Waals surface area contributed by atoms with Crippen molar-refractivity contribution in [1.82, 2.24) is 20.2 Å². The molecule has 0 spiro atoms. The Kier molecular flexibility index (Phi) is 3.14. The first-order chi connectivity index (χ1) is 12.3. The van der Waals surface area contributed by atoms with Gasteiger partial charge in [-0.2, -0.15) is 5.10 Å². The minimum absolute atomic E-state index is 0.0586. The van der Waals surface area contributed by atoms with Crippen LogP contribution < -0.4 is 5.32 Å². The Morgan fingerprint density at radius 2 is 2.00 bits per heavy atom. The molecule has 0 saturated carbocycles. The highest BCUT2D eigenvalue weighted by Crippen LogP contribution is 2.42. The third kappa shape index (κ3) is 2.32. The van der Waals surface area contributed by atoms with E-state index in [0.29, 0.717) is 12.2 Å². The summed E-state index contributed by atoms with van der Waals surface area (Å²) < 4.78 is 0. The maximum atomic E-state index is 12.2. The molecule has 2 N–H and O–H groups in total. The first-order valence-corrected chi connectivity index (χ1v) is 8.81. The number of benzene rings is 1. The first kappa shape index (κ1) is 14.3. The van der Waals surface area contributed by atoms with Gasteiger partial charge in [-0.3, -0.25) is 14.9 Å². The summed E-state index contributed by atoms with van der Waals surface area (Å²) in [5.41, 5.74) is 4.37. The second kappa shape index (κ2) is 5.49. The number of fused-ring (bicyclic) bond motifs is 2. The minimum Gasteiger partial charge on any atom is -0.309 e. The van der Waals surface area contributed by atoms with Gasteiger partial charge in [-0.05, 0) is 23.6 Å². The maximum Gasteiger partial charge on any atom is 0.226 e. The lowest BCUT2D eigenvalue weighted by molar-refractivity contribution is -0.116. The van der Waals surface area contributed by atoms with Gasteiger partial charge in [0.2, 0.25) is 5.91 Å². The Morgan fingerprint density at radius 3 is 2.84 bits per heavy atom. The molecule has 0 saturated heterocycles. The van der Waals surface area contributed by atoms with E-state index in [1.807, 2.05) is 41.8 Å². The van der Waals surface area contributed by atoms with Gasteiger partial charge in [0.1, 0.15) is 0 Å². The number of nitrogens with zero attached hydrogens (tertiary/aromatic N) is 3. The van der Waals surface area contributed by atoms with Crippen LogP contribution in [-0.2, 0) is 4.79 Å². The molecule has 1 aliphatic rings. The van der Waals surface area contributed by atoms with Gasteiger partial charge in [0.15, 0.2) is 5.82 Å². The molecule has 1 atom stereocenters. The van der Waals surface area contributed by atoms with Crippen LogP contribution in [0.15, 0.2) is 48.0 Å². The largest absolute Gasteiger partial charge is 0.309 e. The van der Waals surface area contributed by atoms with Gasteiger partial charge in [-0.15, -0.1) is 11.3 Å². The Balaban J connectivity index is 1.69. The molecule has 4 heterocycles. The summed E-state index contributed by atoms with van der Waals surface area (Å²) in [5, 5.41) is 12.3. The van der Waals surface area contributed by atoms with Crippen molar-refractivity contribution < 1.29 is 4.79 Å². The van der Waals surface area contributed by atoms with E-state index in [2.05, 4.69) is 20.5 Å². The second-order valence-electron chi connectivity index (χ2n) is 5.93. The summed E-state index contributed by atoms with van der Waals surface area (Å²) in [5.74, 6) is 0.355. The van der Waals surface area contributed by atoms with Gasteiger partial charge in [0, 0.05) is 24.1 Å². The van der Waals surface area contributed by atoms with E-state index in [-0.39, 0.29) is 11.8 Å². The van der Waals surface area contributed by atoms with E-state index in [1.54, 1.807) is 17.5 Å². The molecule has 1 aromatic carbocycles. The predicted octanol–water partition coefficient (Wildman–Crippen LogP) is 3.56. The van der Waals surface area contributed by atoms with Crippen LogP contribution in [0.25, 0.3) is 21.6 Å². The first-order valence-electron chi connectivity index (χ1n) is 7.93. The number of aromatic amines is 1. The number of aromatic nitrogens is 4. The molecule has 0 unspecified atom stereocenters. The number of rotatable bonds is 2. The van der Waals surface area contributed by atoms with Crippen molar-refractivity contribution in [2.75, 3.05) is 5.32 Å². The molecule has 122 valence electrons. The van der Waals surface area contributed by atoms with Crippen molar-refractivity contribution in [3.05, 3.63) is 59.2 Å².